The molecule has 2 rings (SSSR count). The van der Waals surface area contributed by atoms with Crippen molar-refractivity contribution in [2.75, 3.05) is 38.8 Å². The van der Waals surface area contributed by atoms with E-state index in [4.69, 9.17) is 4.74 Å². The van der Waals surface area contributed by atoms with Crippen LogP contribution in [0.3, 0.4) is 0 Å². The van der Waals surface area contributed by atoms with Crippen molar-refractivity contribution in [3.05, 3.63) is 39.4 Å². The van der Waals surface area contributed by atoms with E-state index in [1.165, 1.54) is 21.0 Å². The third kappa shape index (κ3) is 7.00. The van der Waals surface area contributed by atoms with Gasteiger partial charge in [0.1, 0.15) is 12.3 Å². The van der Waals surface area contributed by atoms with Gasteiger partial charge >= 0.3 is 23.7 Å². The Hall–Kier alpha value is -4.02. The Bertz CT molecular complexity index is 1300. The molecule has 0 atom stereocenters. The Labute approximate surface area is 202 Å². The van der Waals surface area contributed by atoms with Gasteiger partial charge in [-0.1, -0.05) is 0 Å². The monoisotopic (exact) mass is 535 g/mol. The molecule has 36 heavy (non-hydrogen) atoms. The predicted molar refractivity (Wildman–Crippen MR) is 116 cm³/mol. The van der Waals surface area contributed by atoms with Gasteiger partial charge in [-0.3, -0.25) is 19.7 Å². The smallest absolute Gasteiger partial charge is 0.416 e. The Morgan fingerprint density at radius 1 is 1.19 bits per heavy atom. The standard InChI is InChI=1S/C19H20F3N5O8S/c1-5-34-13(28)9-23-15-14(27(30)31)16(25-18(24-15)36(4,32)33)35-12-7-10(17(29)26(2)3)6-11(8-12)19(20,21)22/h6-8H,5,9H2,1-4H3,(H,23,24,25). The van der Waals surface area contributed by atoms with Crippen LogP contribution < -0.4 is 10.1 Å². The zero-order valence-corrected chi connectivity index (χ0v) is 20.1. The van der Waals surface area contributed by atoms with E-state index < -0.39 is 78.8 Å². The molecule has 0 unspecified atom stereocenters. The minimum Gasteiger partial charge on any atom is -0.465 e. The first-order valence-electron chi connectivity index (χ1n) is 9.82. The summed E-state index contributed by atoms with van der Waals surface area (Å²) in [5.41, 5.74) is -2.86. The van der Waals surface area contributed by atoms with Gasteiger partial charge in [-0.2, -0.15) is 23.1 Å². The average molecular weight is 535 g/mol. The molecule has 1 N–H and O–H groups in total. The first kappa shape index (κ1) is 28.2. The van der Waals surface area contributed by atoms with Crippen LogP contribution in [0.4, 0.5) is 24.7 Å². The van der Waals surface area contributed by atoms with Crippen LogP contribution in [0, 0.1) is 10.1 Å². The van der Waals surface area contributed by atoms with E-state index in [0.29, 0.717) is 18.4 Å². The number of carbonyl (C=O) groups excluding carboxylic acids is 2. The molecule has 0 saturated heterocycles. The molecule has 2 aromatic rings. The van der Waals surface area contributed by atoms with Gasteiger partial charge in [-0.25, -0.2) is 8.42 Å². The fourth-order valence-corrected chi connectivity index (χ4v) is 3.13. The lowest BCUT2D eigenvalue weighted by Gasteiger charge is -2.15. The lowest BCUT2D eigenvalue weighted by atomic mass is 10.1. The second-order valence-electron chi connectivity index (χ2n) is 7.24. The lowest BCUT2D eigenvalue weighted by molar-refractivity contribution is -0.385. The summed E-state index contributed by atoms with van der Waals surface area (Å²) in [5, 5.41) is 13.0. The van der Waals surface area contributed by atoms with Gasteiger partial charge in [-0.15, -0.1) is 0 Å². The maximum atomic E-state index is 13.4. The van der Waals surface area contributed by atoms with Crippen molar-refractivity contribution >= 4 is 33.2 Å². The minimum absolute atomic E-state index is 0.0150. The molecule has 0 aliphatic carbocycles. The molecule has 1 amide bonds. The summed E-state index contributed by atoms with van der Waals surface area (Å²) >= 11 is 0. The van der Waals surface area contributed by atoms with Gasteiger partial charge in [0.25, 0.3) is 11.1 Å². The van der Waals surface area contributed by atoms with Gasteiger partial charge in [0.05, 0.1) is 17.1 Å². The quantitative estimate of drug-likeness (QED) is 0.216. The van der Waals surface area contributed by atoms with Gasteiger partial charge in [0, 0.05) is 25.9 Å². The topological polar surface area (TPSA) is 171 Å². The molecular weight excluding hydrogens is 515 g/mol. The van der Waals surface area contributed by atoms with Gasteiger partial charge in [0.15, 0.2) is 0 Å². The van der Waals surface area contributed by atoms with Crippen molar-refractivity contribution in [3.8, 4) is 11.6 Å². The molecule has 0 saturated carbocycles. The first-order chi connectivity index (χ1) is 16.5. The summed E-state index contributed by atoms with van der Waals surface area (Å²) in [7, 11) is -1.64. The van der Waals surface area contributed by atoms with Crippen LogP contribution in [0.5, 0.6) is 11.6 Å². The number of halogens is 3. The molecule has 1 aromatic carbocycles. The normalized spacial score (nSPS) is 11.5. The van der Waals surface area contributed by atoms with E-state index >= 15 is 0 Å². The number of sulfone groups is 1. The van der Waals surface area contributed by atoms with E-state index in [2.05, 4.69) is 20.0 Å². The molecule has 1 aromatic heterocycles. The maximum Gasteiger partial charge on any atom is 0.416 e. The van der Waals surface area contributed by atoms with Crippen LogP contribution in [0.15, 0.2) is 23.4 Å². The van der Waals surface area contributed by atoms with Crippen molar-refractivity contribution in [3.63, 3.8) is 0 Å². The molecule has 0 spiro atoms. The number of ether oxygens (including phenoxy) is 2. The second-order valence-corrected chi connectivity index (χ2v) is 9.15. The van der Waals surface area contributed by atoms with Crippen LogP contribution >= 0.6 is 0 Å². The number of benzene rings is 1. The van der Waals surface area contributed by atoms with Crippen molar-refractivity contribution in [1.29, 1.82) is 0 Å². The second kappa shape index (κ2) is 10.7. The fourth-order valence-electron chi connectivity index (χ4n) is 2.62. The Morgan fingerprint density at radius 2 is 1.83 bits per heavy atom. The zero-order valence-electron chi connectivity index (χ0n) is 19.2. The maximum absolute atomic E-state index is 13.4. The van der Waals surface area contributed by atoms with Crippen LogP contribution in [0.2, 0.25) is 0 Å². The molecule has 196 valence electrons. The number of nitro groups is 1. The molecule has 0 aliphatic rings. The van der Waals surface area contributed by atoms with E-state index in [1.54, 1.807) is 0 Å². The largest absolute Gasteiger partial charge is 0.465 e. The fraction of sp³-hybridized carbons (Fsp3) is 0.368. The number of hydrogen-bond acceptors (Lipinski definition) is 11. The summed E-state index contributed by atoms with van der Waals surface area (Å²) in [6, 6.07) is 1.87. The number of aromatic nitrogens is 2. The van der Waals surface area contributed by atoms with Crippen LogP contribution in [-0.4, -0.2) is 73.6 Å². The van der Waals surface area contributed by atoms with E-state index in [-0.39, 0.29) is 6.61 Å². The Balaban J connectivity index is 2.72. The number of amides is 1. The highest BCUT2D eigenvalue weighted by molar-refractivity contribution is 7.90. The average Bonchev–Trinajstić information content (AvgIpc) is 2.75. The number of nitrogens with one attached hydrogen (secondary N) is 1. The molecule has 0 fully saturated rings. The summed E-state index contributed by atoms with van der Waals surface area (Å²) in [5.74, 6) is -4.22. The van der Waals surface area contributed by atoms with Crippen molar-refractivity contribution in [2.24, 2.45) is 0 Å². The molecular formula is C19H20F3N5O8S. The van der Waals surface area contributed by atoms with Crippen LogP contribution in [-0.2, 0) is 25.5 Å². The Kier molecular flexibility index (Phi) is 8.40. The third-order valence-electron chi connectivity index (χ3n) is 4.15. The Morgan fingerprint density at radius 3 is 2.33 bits per heavy atom. The van der Waals surface area contributed by atoms with Crippen LogP contribution in [0.1, 0.15) is 22.8 Å². The SMILES string of the molecule is CCOC(=O)CNc1nc(S(C)(=O)=O)nc(Oc2cc(C(=O)N(C)C)cc(C(F)(F)F)c2)c1[N+](=O)[O-]. The number of rotatable bonds is 9. The highest BCUT2D eigenvalue weighted by Crippen LogP contribution is 2.38. The molecule has 1 heterocycles. The molecule has 17 heteroatoms. The number of alkyl halides is 3. The highest BCUT2D eigenvalue weighted by Gasteiger charge is 2.34. The zero-order chi connectivity index (χ0) is 27.4. The molecule has 0 radical (unpaired) electrons. The van der Waals surface area contributed by atoms with Crippen molar-refractivity contribution < 1.29 is 45.6 Å². The molecule has 0 bridgehead atoms. The number of anilines is 1. The predicted octanol–water partition coefficient (Wildman–Crippen LogP) is 2.28. The number of nitrogens with zero attached hydrogens (tertiary/aromatic N) is 4. The minimum atomic E-state index is -4.93. The molecule has 0 aliphatic heterocycles. The van der Waals surface area contributed by atoms with Crippen LogP contribution in [0.25, 0.3) is 0 Å². The van der Waals surface area contributed by atoms with E-state index in [1.807, 2.05) is 0 Å². The first-order valence-corrected chi connectivity index (χ1v) is 11.7. The van der Waals surface area contributed by atoms with Crippen molar-refractivity contribution in [1.82, 2.24) is 14.9 Å². The number of carbonyl (C=O) groups is 2. The third-order valence-corrected chi connectivity index (χ3v) is 5.00. The number of hydrogen-bond donors (Lipinski definition) is 1. The number of esters is 1. The van der Waals surface area contributed by atoms with Gasteiger partial charge in [-0.05, 0) is 25.1 Å². The highest BCUT2D eigenvalue weighted by atomic mass is 32.2. The lowest BCUT2D eigenvalue weighted by Crippen LogP contribution is -2.22. The summed E-state index contributed by atoms with van der Waals surface area (Å²) in [6.45, 7) is 0.821. The van der Waals surface area contributed by atoms with Gasteiger partial charge < -0.3 is 19.7 Å². The van der Waals surface area contributed by atoms with E-state index in [0.717, 1.165) is 11.0 Å². The van der Waals surface area contributed by atoms with E-state index in [9.17, 15) is 41.3 Å². The van der Waals surface area contributed by atoms with Crippen molar-refractivity contribution in [2.45, 2.75) is 18.3 Å². The summed E-state index contributed by atoms with van der Waals surface area (Å²) in [4.78, 5) is 42.6. The van der Waals surface area contributed by atoms with Gasteiger partial charge in [0.2, 0.25) is 15.7 Å². The summed E-state index contributed by atoms with van der Waals surface area (Å²) in [6.07, 6.45) is -4.26. The molecule has 13 nitrogen and oxygen atoms in total. The summed E-state index contributed by atoms with van der Waals surface area (Å²) < 4.78 is 74.3.